The summed E-state index contributed by atoms with van der Waals surface area (Å²) in [5.74, 6) is 3.47. The van der Waals surface area contributed by atoms with Gasteiger partial charge in [0, 0.05) is 0 Å². The number of benzene rings is 1. The molecule has 1 heterocycles. The third-order valence-corrected chi connectivity index (χ3v) is 4.36. The van der Waals surface area contributed by atoms with Crippen LogP contribution in [0.5, 0.6) is 0 Å². The maximum Gasteiger partial charge on any atom is -0.00617 e. The van der Waals surface area contributed by atoms with Crippen LogP contribution in [0.2, 0.25) is 0 Å². The smallest absolute Gasteiger partial charge is 0.00617 e. The van der Waals surface area contributed by atoms with Gasteiger partial charge in [0.15, 0.2) is 0 Å². The molecular formula is C14H21NS. The molecule has 1 aromatic carbocycles. The first-order valence-electron chi connectivity index (χ1n) is 6.27. The van der Waals surface area contributed by atoms with Gasteiger partial charge in [-0.1, -0.05) is 24.3 Å². The zero-order valence-corrected chi connectivity index (χ0v) is 10.6. The van der Waals surface area contributed by atoms with Gasteiger partial charge in [0.25, 0.3) is 0 Å². The normalized spacial score (nSPS) is 17.6. The van der Waals surface area contributed by atoms with Crippen molar-refractivity contribution in [3.05, 3.63) is 35.4 Å². The molecule has 0 aromatic heterocycles. The first-order chi connectivity index (χ1) is 7.90. The van der Waals surface area contributed by atoms with Gasteiger partial charge in [0.2, 0.25) is 0 Å². The van der Waals surface area contributed by atoms with Gasteiger partial charge >= 0.3 is 0 Å². The molecule has 1 aliphatic heterocycles. The Hall–Kier alpha value is -0.470. The lowest BCUT2D eigenvalue weighted by molar-refractivity contribution is 0.636. The average Bonchev–Trinajstić information content (AvgIpc) is 2.38. The molecule has 0 unspecified atom stereocenters. The van der Waals surface area contributed by atoms with Crippen molar-refractivity contribution in [1.29, 1.82) is 0 Å². The molecule has 0 aliphatic carbocycles. The molecule has 2 heteroatoms. The predicted molar refractivity (Wildman–Crippen MR) is 73.1 cm³/mol. The topological polar surface area (TPSA) is 26.0 Å². The summed E-state index contributed by atoms with van der Waals surface area (Å²) in [5.41, 5.74) is 8.56. The van der Waals surface area contributed by atoms with Crippen LogP contribution in [0.15, 0.2) is 24.3 Å². The Bertz CT molecular complexity index is 318. The third-order valence-electron chi connectivity index (χ3n) is 3.31. The summed E-state index contributed by atoms with van der Waals surface area (Å²) in [4.78, 5) is 0. The van der Waals surface area contributed by atoms with Gasteiger partial charge < -0.3 is 5.73 Å². The summed E-state index contributed by atoms with van der Waals surface area (Å²) in [7, 11) is 0. The first-order valence-corrected chi connectivity index (χ1v) is 7.42. The van der Waals surface area contributed by atoms with Crippen LogP contribution in [-0.4, -0.2) is 18.1 Å². The molecule has 88 valence electrons. The van der Waals surface area contributed by atoms with Crippen molar-refractivity contribution in [1.82, 2.24) is 0 Å². The van der Waals surface area contributed by atoms with Crippen molar-refractivity contribution in [2.24, 2.45) is 5.73 Å². The fourth-order valence-corrected chi connectivity index (χ4v) is 3.45. The molecule has 2 rings (SSSR count). The summed E-state index contributed by atoms with van der Waals surface area (Å²) in [5, 5.41) is 0. The maximum atomic E-state index is 5.55. The molecular weight excluding hydrogens is 214 g/mol. The number of thioether (sulfide) groups is 1. The fraction of sp³-hybridized carbons (Fsp3) is 0.571. The van der Waals surface area contributed by atoms with E-state index in [1.54, 1.807) is 5.56 Å². The van der Waals surface area contributed by atoms with Crippen LogP contribution >= 0.6 is 11.8 Å². The summed E-state index contributed by atoms with van der Waals surface area (Å²) in [6.45, 7) is 0.796. The molecule has 2 N–H and O–H groups in total. The highest BCUT2D eigenvalue weighted by Crippen LogP contribution is 2.31. The molecule has 0 spiro atoms. The number of hydrogen-bond acceptors (Lipinski definition) is 2. The van der Waals surface area contributed by atoms with E-state index in [-0.39, 0.29) is 0 Å². The minimum atomic E-state index is 0.796. The molecule has 1 aliphatic rings. The highest BCUT2D eigenvalue weighted by molar-refractivity contribution is 7.99. The van der Waals surface area contributed by atoms with Gasteiger partial charge in [0.1, 0.15) is 0 Å². The van der Waals surface area contributed by atoms with Crippen molar-refractivity contribution in [2.45, 2.75) is 31.6 Å². The van der Waals surface area contributed by atoms with Crippen molar-refractivity contribution in [3.8, 4) is 0 Å². The van der Waals surface area contributed by atoms with Crippen LogP contribution in [0.25, 0.3) is 0 Å². The molecule has 0 saturated carbocycles. The van der Waals surface area contributed by atoms with E-state index >= 15 is 0 Å². The van der Waals surface area contributed by atoms with Crippen molar-refractivity contribution >= 4 is 11.8 Å². The molecule has 1 aromatic rings. The lowest BCUT2D eigenvalue weighted by Gasteiger charge is -2.22. The molecule has 0 bridgehead atoms. The van der Waals surface area contributed by atoms with E-state index < -0.39 is 0 Å². The molecule has 0 amide bonds. The van der Waals surface area contributed by atoms with E-state index in [0.29, 0.717) is 0 Å². The van der Waals surface area contributed by atoms with Gasteiger partial charge in [-0.15, -0.1) is 0 Å². The summed E-state index contributed by atoms with van der Waals surface area (Å²) >= 11 is 2.09. The second-order valence-electron chi connectivity index (χ2n) is 4.52. The maximum absolute atomic E-state index is 5.55. The summed E-state index contributed by atoms with van der Waals surface area (Å²) < 4.78 is 0. The van der Waals surface area contributed by atoms with Crippen LogP contribution in [0.4, 0.5) is 0 Å². The number of hydrogen-bond donors (Lipinski definition) is 1. The standard InChI is InChI=1S/C14H21NS/c15-8-2-4-12-3-1-5-14(11-12)13-6-9-16-10-7-13/h1,3,5,11,13H,2,4,6-10,15H2. The first kappa shape index (κ1) is 12.0. The number of nitrogens with two attached hydrogens (primary N) is 1. The van der Waals surface area contributed by atoms with Gasteiger partial charge in [-0.3, -0.25) is 0 Å². The number of aryl methyl sites for hydroxylation is 1. The zero-order valence-electron chi connectivity index (χ0n) is 9.82. The predicted octanol–water partition coefficient (Wildman–Crippen LogP) is 3.19. The van der Waals surface area contributed by atoms with E-state index in [4.69, 9.17) is 5.73 Å². The highest BCUT2D eigenvalue weighted by Gasteiger charge is 2.15. The second kappa shape index (κ2) is 6.31. The lowest BCUT2D eigenvalue weighted by Crippen LogP contribution is -2.08. The SMILES string of the molecule is NCCCc1cccc(C2CCSCC2)c1. The Morgan fingerprint density at radius 1 is 1.25 bits per heavy atom. The largest absolute Gasteiger partial charge is 0.330 e. The van der Waals surface area contributed by atoms with Gasteiger partial charge in [-0.2, -0.15) is 11.8 Å². The second-order valence-corrected chi connectivity index (χ2v) is 5.75. The average molecular weight is 235 g/mol. The number of rotatable bonds is 4. The molecule has 1 nitrogen and oxygen atoms in total. The van der Waals surface area contributed by atoms with Gasteiger partial charge in [0.05, 0.1) is 0 Å². The minimum Gasteiger partial charge on any atom is -0.330 e. The Balaban J connectivity index is 2.02. The van der Waals surface area contributed by atoms with Crippen LogP contribution < -0.4 is 5.73 Å². The summed E-state index contributed by atoms with van der Waals surface area (Å²) in [6.07, 6.45) is 4.94. The van der Waals surface area contributed by atoms with Crippen molar-refractivity contribution < 1.29 is 0 Å². The highest BCUT2D eigenvalue weighted by atomic mass is 32.2. The molecule has 0 atom stereocenters. The Kier molecular flexibility index (Phi) is 4.73. The molecule has 1 fully saturated rings. The van der Waals surface area contributed by atoms with Gasteiger partial charge in [-0.05, 0) is 60.8 Å². The van der Waals surface area contributed by atoms with E-state index in [0.717, 1.165) is 25.3 Å². The van der Waals surface area contributed by atoms with E-state index in [1.807, 2.05) is 0 Å². The van der Waals surface area contributed by atoms with Crippen LogP contribution in [0.3, 0.4) is 0 Å². The van der Waals surface area contributed by atoms with Crippen LogP contribution in [-0.2, 0) is 6.42 Å². The lowest BCUT2D eigenvalue weighted by atomic mass is 9.91. The van der Waals surface area contributed by atoms with Crippen molar-refractivity contribution in [3.63, 3.8) is 0 Å². The fourth-order valence-electron chi connectivity index (χ4n) is 2.34. The van der Waals surface area contributed by atoms with Crippen LogP contribution in [0, 0.1) is 0 Å². The van der Waals surface area contributed by atoms with Gasteiger partial charge in [-0.25, -0.2) is 0 Å². The van der Waals surface area contributed by atoms with E-state index in [2.05, 4.69) is 36.0 Å². The van der Waals surface area contributed by atoms with E-state index in [9.17, 15) is 0 Å². The third kappa shape index (κ3) is 3.26. The Morgan fingerprint density at radius 2 is 2.06 bits per heavy atom. The van der Waals surface area contributed by atoms with E-state index in [1.165, 1.54) is 29.9 Å². The zero-order chi connectivity index (χ0) is 11.2. The van der Waals surface area contributed by atoms with Crippen molar-refractivity contribution in [2.75, 3.05) is 18.1 Å². The molecule has 16 heavy (non-hydrogen) atoms. The van der Waals surface area contributed by atoms with Crippen LogP contribution in [0.1, 0.15) is 36.3 Å². The quantitative estimate of drug-likeness (QED) is 0.867. The molecule has 0 radical (unpaired) electrons. The summed E-state index contributed by atoms with van der Waals surface area (Å²) in [6, 6.07) is 9.14. The minimum absolute atomic E-state index is 0.796. The Morgan fingerprint density at radius 3 is 2.81 bits per heavy atom. The Labute approximate surface area is 103 Å². The molecule has 1 saturated heterocycles. The monoisotopic (exact) mass is 235 g/mol.